The van der Waals surface area contributed by atoms with Crippen LogP contribution in [0.4, 0.5) is 10.6 Å². The second-order valence-corrected chi connectivity index (χ2v) is 8.31. The highest BCUT2D eigenvalue weighted by Crippen LogP contribution is 2.27. The minimum Gasteiger partial charge on any atom is -0.444 e. The van der Waals surface area contributed by atoms with Crippen molar-refractivity contribution in [2.45, 2.75) is 32.8 Å². The minimum atomic E-state index is -0.502. The Bertz CT molecular complexity index is 1030. The molecule has 0 N–H and O–H groups in total. The summed E-state index contributed by atoms with van der Waals surface area (Å²) in [5.74, 6) is 1.50. The SMILES string of the molecule is CC(C)(C)OC(=O)N1CCCN(c2nc(-c3ccncc3)nc3cnccc23)CC1. The second kappa shape index (κ2) is 8.22. The molecule has 1 amide bonds. The number of aromatic nitrogens is 4. The van der Waals surface area contributed by atoms with Gasteiger partial charge in [-0.05, 0) is 45.4 Å². The molecule has 0 aromatic carbocycles. The molecule has 0 atom stereocenters. The lowest BCUT2D eigenvalue weighted by Gasteiger charge is -2.27. The Morgan fingerprint density at radius 3 is 2.50 bits per heavy atom. The van der Waals surface area contributed by atoms with Gasteiger partial charge in [0.15, 0.2) is 5.82 Å². The summed E-state index contributed by atoms with van der Waals surface area (Å²) in [5.41, 5.74) is 1.20. The van der Waals surface area contributed by atoms with Gasteiger partial charge in [0.05, 0.1) is 11.7 Å². The zero-order chi connectivity index (χ0) is 21.1. The maximum atomic E-state index is 12.5. The topological polar surface area (TPSA) is 84.3 Å². The van der Waals surface area contributed by atoms with Gasteiger partial charge in [0, 0.05) is 55.7 Å². The normalized spacial score (nSPS) is 15.2. The number of rotatable bonds is 2. The van der Waals surface area contributed by atoms with Crippen LogP contribution in [0.2, 0.25) is 0 Å². The van der Waals surface area contributed by atoms with Gasteiger partial charge in [-0.25, -0.2) is 14.8 Å². The van der Waals surface area contributed by atoms with E-state index >= 15 is 0 Å². The Hall–Kier alpha value is -3.29. The number of ether oxygens (including phenoxy) is 1. The van der Waals surface area contributed by atoms with Gasteiger partial charge in [0.25, 0.3) is 0 Å². The number of hydrogen-bond donors (Lipinski definition) is 0. The van der Waals surface area contributed by atoms with Gasteiger partial charge < -0.3 is 14.5 Å². The lowest BCUT2D eigenvalue weighted by atomic mass is 10.2. The molecule has 3 aromatic rings. The zero-order valence-electron chi connectivity index (χ0n) is 17.6. The van der Waals surface area contributed by atoms with E-state index in [1.165, 1.54) is 0 Å². The second-order valence-electron chi connectivity index (χ2n) is 8.31. The predicted molar refractivity (Wildman–Crippen MR) is 115 cm³/mol. The number of amides is 1. The number of pyridine rings is 2. The van der Waals surface area contributed by atoms with Crippen molar-refractivity contribution in [1.82, 2.24) is 24.8 Å². The molecular weight excluding hydrogens is 380 g/mol. The first-order valence-electron chi connectivity index (χ1n) is 10.2. The predicted octanol–water partition coefficient (Wildman–Crippen LogP) is 3.53. The summed E-state index contributed by atoms with van der Waals surface area (Å²) in [6, 6.07) is 5.74. The standard InChI is InChI=1S/C22H26N6O2/c1-22(2,3)30-21(29)28-12-4-11-27(13-14-28)20-17-7-10-24-15-18(17)25-19(26-20)16-5-8-23-9-6-16/h5-10,15H,4,11-14H2,1-3H3. The molecule has 3 aromatic heterocycles. The van der Waals surface area contributed by atoms with Crippen LogP contribution in [-0.4, -0.2) is 62.7 Å². The van der Waals surface area contributed by atoms with Crippen molar-refractivity contribution < 1.29 is 9.53 Å². The van der Waals surface area contributed by atoms with Crippen molar-refractivity contribution in [2.75, 3.05) is 31.1 Å². The average molecular weight is 406 g/mol. The molecule has 0 radical (unpaired) electrons. The van der Waals surface area contributed by atoms with E-state index in [0.29, 0.717) is 25.5 Å². The van der Waals surface area contributed by atoms with Crippen LogP contribution in [-0.2, 0) is 4.74 Å². The first kappa shape index (κ1) is 20.0. The van der Waals surface area contributed by atoms with Crippen LogP contribution < -0.4 is 4.90 Å². The van der Waals surface area contributed by atoms with Gasteiger partial charge >= 0.3 is 6.09 Å². The number of nitrogens with zero attached hydrogens (tertiary/aromatic N) is 6. The van der Waals surface area contributed by atoms with Gasteiger partial charge in [-0.3, -0.25) is 9.97 Å². The van der Waals surface area contributed by atoms with E-state index in [1.54, 1.807) is 29.7 Å². The quantitative estimate of drug-likeness (QED) is 0.643. The fourth-order valence-electron chi connectivity index (χ4n) is 3.47. The van der Waals surface area contributed by atoms with Crippen LogP contribution in [0.25, 0.3) is 22.3 Å². The molecule has 1 aliphatic rings. The maximum absolute atomic E-state index is 12.5. The molecule has 1 saturated heterocycles. The number of carbonyl (C=O) groups is 1. The van der Waals surface area contributed by atoms with Crippen LogP contribution in [0.1, 0.15) is 27.2 Å². The van der Waals surface area contributed by atoms with Gasteiger partial charge in [-0.2, -0.15) is 0 Å². The van der Waals surface area contributed by atoms with Crippen LogP contribution in [0.5, 0.6) is 0 Å². The van der Waals surface area contributed by atoms with E-state index in [0.717, 1.165) is 35.2 Å². The number of fused-ring (bicyclic) bond motifs is 1. The fourth-order valence-corrected chi connectivity index (χ4v) is 3.47. The Morgan fingerprint density at radius 1 is 0.967 bits per heavy atom. The van der Waals surface area contributed by atoms with Crippen molar-refractivity contribution in [3.63, 3.8) is 0 Å². The van der Waals surface area contributed by atoms with Crippen molar-refractivity contribution in [1.29, 1.82) is 0 Å². The molecule has 4 rings (SSSR count). The molecule has 0 spiro atoms. The molecule has 8 nitrogen and oxygen atoms in total. The van der Waals surface area contributed by atoms with Crippen molar-refractivity contribution >= 4 is 22.8 Å². The Kier molecular flexibility index (Phi) is 5.48. The molecule has 0 bridgehead atoms. The maximum Gasteiger partial charge on any atom is 0.410 e. The number of anilines is 1. The van der Waals surface area contributed by atoms with E-state index in [9.17, 15) is 4.79 Å². The summed E-state index contributed by atoms with van der Waals surface area (Å²) in [5, 5.41) is 0.952. The Balaban J connectivity index is 1.63. The highest BCUT2D eigenvalue weighted by atomic mass is 16.6. The van der Waals surface area contributed by atoms with Gasteiger partial charge in [-0.1, -0.05) is 0 Å². The average Bonchev–Trinajstić information content (AvgIpc) is 2.99. The number of hydrogen-bond acceptors (Lipinski definition) is 7. The summed E-state index contributed by atoms with van der Waals surface area (Å²) in [7, 11) is 0. The van der Waals surface area contributed by atoms with E-state index < -0.39 is 5.60 Å². The first-order valence-corrected chi connectivity index (χ1v) is 10.2. The minimum absolute atomic E-state index is 0.265. The summed E-state index contributed by atoms with van der Waals surface area (Å²) in [6.07, 6.45) is 7.55. The fraction of sp³-hybridized carbons (Fsp3) is 0.409. The van der Waals surface area contributed by atoms with Crippen LogP contribution >= 0.6 is 0 Å². The molecule has 0 unspecified atom stereocenters. The molecule has 1 fully saturated rings. The third-order valence-electron chi connectivity index (χ3n) is 4.86. The molecule has 0 aliphatic carbocycles. The molecule has 30 heavy (non-hydrogen) atoms. The van der Waals surface area contributed by atoms with Gasteiger partial charge in [-0.15, -0.1) is 0 Å². The van der Waals surface area contributed by atoms with E-state index in [-0.39, 0.29) is 6.09 Å². The first-order chi connectivity index (χ1) is 14.4. The molecular formula is C22H26N6O2. The summed E-state index contributed by atoms with van der Waals surface area (Å²) >= 11 is 0. The molecule has 1 aliphatic heterocycles. The Morgan fingerprint density at radius 2 is 1.73 bits per heavy atom. The molecule has 0 saturated carbocycles. The van der Waals surface area contributed by atoms with E-state index in [4.69, 9.17) is 14.7 Å². The van der Waals surface area contributed by atoms with Gasteiger partial charge in [0.1, 0.15) is 11.4 Å². The summed E-state index contributed by atoms with van der Waals surface area (Å²) < 4.78 is 5.55. The van der Waals surface area contributed by atoms with Crippen LogP contribution in [0.3, 0.4) is 0 Å². The Labute approximate surface area is 175 Å². The third kappa shape index (κ3) is 4.48. The highest BCUT2D eigenvalue weighted by Gasteiger charge is 2.25. The summed E-state index contributed by atoms with van der Waals surface area (Å²) in [4.78, 5) is 34.4. The highest BCUT2D eigenvalue weighted by molar-refractivity contribution is 5.90. The van der Waals surface area contributed by atoms with Crippen LogP contribution in [0, 0.1) is 0 Å². The van der Waals surface area contributed by atoms with Crippen molar-refractivity contribution in [3.05, 3.63) is 43.0 Å². The molecule has 4 heterocycles. The van der Waals surface area contributed by atoms with Crippen molar-refractivity contribution in [3.8, 4) is 11.4 Å². The van der Waals surface area contributed by atoms with E-state index in [1.807, 2.05) is 39.0 Å². The largest absolute Gasteiger partial charge is 0.444 e. The van der Waals surface area contributed by atoms with Gasteiger partial charge in [0.2, 0.25) is 0 Å². The summed E-state index contributed by atoms with van der Waals surface area (Å²) in [6.45, 7) is 8.36. The zero-order valence-corrected chi connectivity index (χ0v) is 17.6. The van der Waals surface area contributed by atoms with E-state index in [2.05, 4.69) is 14.9 Å². The smallest absolute Gasteiger partial charge is 0.410 e. The lowest BCUT2D eigenvalue weighted by Crippen LogP contribution is -2.39. The van der Waals surface area contributed by atoms with Crippen molar-refractivity contribution in [2.24, 2.45) is 0 Å². The molecule has 8 heteroatoms. The molecule has 156 valence electrons. The monoisotopic (exact) mass is 406 g/mol. The third-order valence-corrected chi connectivity index (χ3v) is 4.86. The van der Waals surface area contributed by atoms with Crippen LogP contribution in [0.15, 0.2) is 43.0 Å². The number of carbonyl (C=O) groups excluding carboxylic acids is 1. The lowest BCUT2D eigenvalue weighted by molar-refractivity contribution is 0.0263.